The second-order valence-electron chi connectivity index (χ2n) is 14.6. The smallest absolute Gasteiger partial charge is 0.0639 e. The molecule has 0 aliphatic heterocycles. The highest BCUT2D eigenvalue weighted by atomic mass is 16.3. The van der Waals surface area contributed by atoms with Gasteiger partial charge in [0, 0.05) is 0 Å². The Balaban J connectivity index is 1.41. The molecule has 2 N–H and O–H groups in total. The van der Waals surface area contributed by atoms with E-state index in [1.807, 2.05) is 6.92 Å². The Kier molecular flexibility index (Phi) is 5.60. The van der Waals surface area contributed by atoms with Crippen molar-refractivity contribution < 1.29 is 10.2 Å². The molecule has 5 aliphatic rings. The van der Waals surface area contributed by atoms with E-state index in [-0.39, 0.29) is 18.1 Å². The van der Waals surface area contributed by atoms with Crippen molar-refractivity contribution >= 4 is 0 Å². The molecule has 2 spiro atoms. The summed E-state index contributed by atoms with van der Waals surface area (Å²) >= 11 is 0. The summed E-state index contributed by atoms with van der Waals surface area (Å²) in [6, 6.07) is 0. The normalized spacial score (nSPS) is 53.5. The van der Waals surface area contributed by atoms with Crippen LogP contribution in [0, 0.1) is 56.7 Å². The largest absolute Gasteiger partial charge is 0.393 e. The van der Waals surface area contributed by atoms with Crippen LogP contribution in [0.5, 0.6) is 0 Å². The van der Waals surface area contributed by atoms with Crippen LogP contribution in [0.4, 0.5) is 0 Å². The number of hydrogen-bond donors (Lipinski definition) is 2. The quantitative estimate of drug-likeness (QED) is 0.423. The Bertz CT molecular complexity index is 814. The van der Waals surface area contributed by atoms with Crippen LogP contribution in [0.2, 0.25) is 0 Å². The third kappa shape index (κ3) is 2.80. The van der Waals surface area contributed by atoms with Gasteiger partial charge >= 0.3 is 0 Å². The minimum atomic E-state index is -0.112. The lowest BCUT2D eigenvalue weighted by Crippen LogP contribution is -2.57. The number of fused-ring (bicyclic) bond motifs is 2. The molecular weight excluding hydrogens is 404 g/mol. The van der Waals surface area contributed by atoms with Gasteiger partial charge in [-0.25, -0.2) is 0 Å². The van der Waals surface area contributed by atoms with Crippen LogP contribution >= 0.6 is 0 Å². The molecule has 0 aromatic rings. The minimum Gasteiger partial charge on any atom is -0.393 e. The maximum Gasteiger partial charge on any atom is 0.0639 e. The molecule has 5 saturated carbocycles. The van der Waals surface area contributed by atoms with Gasteiger partial charge in [-0.05, 0) is 128 Å². The fraction of sp³-hybridized carbons (Fsp3) is 0.935. The summed E-state index contributed by atoms with van der Waals surface area (Å²) in [5.41, 5.74) is 3.21. The third-order valence-electron chi connectivity index (χ3n) is 13.9. The van der Waals surface area contributed by atoms with Gasteiger partial charge in [-0.1, -0.05) is 53.2 Å². The van der Waals surface area contributed by atoms with Crippen molar-refractivity contribution in [3.8, 4) is 0 Å². The van der Waals surface area contributed by atoms with Crippen LogP contribution in [0.1, 0.15) is 113 Å². The molecule has 0 saturated heterocycles. The Morgan fingerprint density at radius 3 is 2.27 bits per heavy atom. The molecule has 2 nitrogen and oxygen atoms in total. The summed E-state index contributed by atoms with van der Waals surface area (Å²) in [5.74, 6) is 4.05. The van der Waals surface area contributed by atoms with E-state index in [0.29, 0.717) is 27.6 Å². The van der Waals surface area contributed by atoms with Crippen LogP contribution in [0.3, 0.4) is 0 Å². The van der Waals surface area contributed by atoms with E-state index in [2.05, 4.69) is 47.6 Å². The van der Waals surface area contributed by atoms with Gasteiger partial charge in [0.05, 0.1) is 12.7 Å². The van der Waals surface area contributed by atoms with Gasteiger partial charge in [-0.3, -0.25) is 0 Å². The van der Waals surface area contributed by atoms with E-state index in [0.717, 1.165) is 42.1 Å². The number of hydrogen-bond acceptors (Lipinski definition) is 2. The first-order valence-corrected chi connectivity index (χ1v) is 14.4. The van der Waals surface area contributed by atoms with Gasteiger partial charge in [0.15, 0.2) is 0 Å². The van der Waals surface area contributed by atoms with Crippen molar-refractivity contribution in [2.45, 2.75) is 119 Å². The van der Waals surface area contributed by atoms with Crippen molar-refractivity contribution in [3.05, 3.63) is 11.6 Å². The number of rotatable bonds is 5. The van der Waals surface area contributed by atoms with Gasteiger partial charge in [0.1, 0.15) is 0 Å². The van der Waals surface area contributed by atoms with Crippen molar-refractivity contribution in [1.29, 1.82) is 0 Å². The molecule has 2 heteroatoms. The lowest BCUT2D eigenvalue weighted by atomic mass is 9.41. The molecule has 33 heavy (non-hydrogen) atoms. The van der Waals surface area contributed by atoms with Crippen molar-refractivity contribution in [1.82, 2.24) is 0 Å². The molecule has 0 radical (unpaired) electrons. The van der Waals surface area contributed by atoms with Gasteiger partial charge in [-0.2, -0.15) is 0 Å². The molecule has 0 aromatic heterocycles. The average Bonchev–Trinajstić information content (AvgIpc) is 3.17. The first-order valence-electron chi connectivity index (χ1n) is 14.4. The minimum absolute atomic E-state index is 0.0789. The van der Waals surface area contributed by atoms with Gasteiger partial charge in [-0.15, -0.1) is 0 Å². The van der Waals surface area contributed by atoms with E-state index in [1.54, 1.807) is 0 Å². The fourth-order valence-electron chi connectivity index (χ4n) is 11.9. The number of aliphatic hydroxyl groups excluding tert-OH is 2. The predicted molar refractivity (Wildman–Crippen MR) is 137 cm³/mol. The molecule has 0 heterocycles. The van der Waals surface area contributed by atoms with E-state index < -0.39 is 0 Å². The Hall–Kier alpha value is -0.340. The zero-order valence-electron chi connectivity index (χ0n) is 22.7. The van der Waals surface area contributed by atoms with Gasteiger partial charge in [0.25, 0.3) is 0 Å². The van der Waals surface area contributed by atoms with E-state index in [1.165, 1.54) is 51.4 Å². The Labute approximate surface area is 204 Å². The third-order valence-corrected chi connectivity index (χ3v) is 13.9. The summed E-state index contributed by atoms with van der Waals surface area (Å²) in [7, 11) is 0. The molecule has 5 aliphatic carbocycles. The predicted octanol–water partition coefficient (Wildman–Crippen LogP) is 7.39. The molecule has 188 valence electrons. The van der Waals surface area contributed by atoms with E-state index >= 15 is 0 Å². The second kappa shape index (κ2) is 7.58. The second-order valence-corrected chi connectivity index (χ2v) is 14.6. The molecule has 0 aromatic carbocycles. The van der Waals surface area contributed by atoms with Crippen molar-refractivity contribution in [2.24, 2.45) is 56.7 Å². The van der Waals surface area contributed by atoms with Crippen LogP contribution in [0.25, 0.3) is 0 Å². The standard InChI is InChI=1S/C31H52O2/c1-20(19-32)9-8-10-21(2)23-13-15-29(7)25-12-11-24-27(4,5)26(33)14-16-30(24)22(3)31(25,30)18-17-28(23,29)6/h9,21-26,32-33H,8,10-19H2,1-7H3/b20-9+/t21?,22-,23?,24?,25+,26+,28-,29+,30-,31+/m1/s1. The molecule has 5 rings (SSSR count). The highest BCUT2D eigenvalue weighted by Crippen LogP contribution is 2.91. The lowest BCUT2D eigenvalue weighted by Gasteiger charge is -2.63. The SMILES string of the molecule is C/C(=C\CCC(C)C1CC[C@@]2(C)[C@@H]3CCC4C(C)(C)[C@@H](O)CC[C@@]45[C@@H](C)[C@@]35CC[C@]12C)CO. The first-order chi connectivity index (χ1) is 15.4. The fourth-order valence-corrected chi connectivity index (χ4v) is 11.9. The van der Waals surface area contributed by atoms with E-state index in [4.69, 9.17) is 0 Å². The summed E-state index contributed by atoms with van der Waals surface area (Å²) in [6.07, 6.45) is 15.3. The maximum atomic E-state index is 10.9. The van der Waals surface area contributed by atoms with E-state index in [9.17, 15) is 10.2 Å². The molecule has 0 amide bonds. The van der Waals surface area contributed by atoms with Crippen LogP contribution in [-0.4, -0.2) is 22.9 Å². The molecular formula is C31H52O2. The van der Waals surface area contributed by atoms with Gasteiger partial charge < -0.3 is 10.2 Å². The molecule has 3 unspecified atom stereocenters. The summed E-state index contributed by atoms with van der Waals surface area (Å²) in [4.78, 5) is 0. The average molecular weight is 457 g/mol. The highest BCUT2D eigenvalue weighted by molar-refractivity contribution is 5.33. The van der Waals surface area contributed by atoms with Crippen LogP contribution < -0.4 is 0 Å². The Morgan fingerprint density at radius 1 is 0.909 bits per heavy atom. The van der Waals surface area contributed by atoms with Crippen LogP contribution in [-0.2, 0) is 0 Å². The lowest BCUT2D eigenvalue weighted by molar-refractivity contribution is -0.161. The summed E-state index contributed by atoms with van der Waals surface area (Å²) in [6.45, 7) is 17.6. The topological polar surface area (TPSA) is 40.5 Å². The first kappa shape index (κ1) is 24.4. The van der Waals surface area contributed by atoms with Gasteiger partial charge in [0.2, 0.25) is 0 Å². The van der Waals surface area contributed by atoms with Crippen molar-refractivity contribution in [3.63, 3.8) is 0 Å². The monoisotopic (exact) mass is 456 g/mol. The molecule has 0 bridgehead atoms. The zero-order chi connectivity index (χ0) is 24.0. The zero-order valence-corrected chi connectivity index (χ0v) is 22.7. The Morgan fingerprint density at radius 2 is 1.58 bits per heavy atom. The number of aliphatic hydroxyl groups is 2. The summed E-state index contributed by atoms with van der Waals surface area (Å²) in [5, 5.41) is 20.3. The summed E-state index contributed by atoms with van der Waals surface area (Å²) < 4.78 is 0. The maximum absolute atomic E-state index is 10.9. The molecule has 5 fully saturated rings. The van der Waals surface area contributed by atoms with Crippen LogP contribution in [0.15, 0.2) is 11.6 Å². The van der Waals surface area contributed by atoms with Crippen molar-refractivity contribution in [2.75, 3.05) is 6.61 Å². The highest BCUT2D eigenvalue weighted by Gasteiger charge is 2.85. The number of allylic oxidation sites excluding steroid dienone is 1. The molecule has 10 atom stereocenters.